The summed E-state index contributed by atoms with van der Waals surface area (Å²) in [6.45, 7) is 2.47. The second-order valence-corrected chi connectivity index (χ2v) is 5.18. The molecule has 4 heteroatoms. The van der Waals surface area contributed by atoms with Crippen LogP contribution in [0.5, 0.6) is 5.75 Å². The summed E-state index contributed by atoms with van der Waals surface area (Å²) in [4.78, 5) is 13.0. The number of benzene rings is 2. The minimum Gasteiger partial charge on any atom is -0.494 e. The molecule has 2 rings (SSSR count). The van der Waals surface area contributed by atoms with Gasteiger partial charge in [0.1, 0.15) is 11.6 Å². The van der Waals surface area contributed by atoms with E-state index >= 15 is 0 Å². The molecule has 0 saturated carbocycles. The normalized spacial score (nSPS) is 10.3. The topological polar surface area (TPSA) is 26.3 Å². The molecule has 0 atom stereocenters. The standard InChI is InChI=1S/C16H15FO2S/c1-2-19-14-5-3-4-12(10-14)16(18)11-20-15-8-6-13(17)7-9-15/h3-10H,2,11H2,1H3. The van der Waals surface area contributed by atoms with Crippen LogP contribution in [0.4, 0.5) is 4.39 Å². The molecule has 20 heavy (non-hydrogen) atoms. The van der Waals surface area contributed by atoms with Gasteiger partial charge in [0, 0.05) is 10.5 Å². The molecule has 0 aliphatic heterocycles. The SMILES string of the molecule is CCOc1cccc(C(=O)CSc2ccc(F)cc2)c1. The number of carbonyl (C=O) groups excluding carboxylic acids is 1. The van der Waals surface area contributed by atoms with E-state index in [0.29, 0.717) is 23.7 Å². The molecule has 0 unspecified atom stereocenters. The minimum absolute atomic E-state index is 0.0286. The Bertz CT molecular complexity index is 581. The molecular formula is C16H15FO2S. The van der Waals surface area contributed by atoms with Gasteiger partial charge in [0.05, 0.1) is 12.4 Å². The van der Waals surface area contributed by atoms with Crippen molar-refractivity contribution in [1.29, 1.82) is 0 Å². The van der Waals surface area contributed by atoms with Gasteiger partial charge in [-0.25, -0.2) is 4.39 Å². The number of hydrogen-bond donors (Lipinski definition) is 0. The Morgan fingerprint density at radius 1 is 1.20 bits per heavy atom. The van der Waals surface area contributed by atoms with Crippen molar-refractivity contribution in [2.45, 2.75) is 11.8 Å². The first-order valence-electron chi connectivity index (χ1n) is 6.33. The number of hydrogen-bond acceptors (Lipinski definition) is 3. The van der Waals surface area contributed by atoms with Gasteiger partial charge in [-0.05, 0) is 43.3 Å². The molecule has 2 nitrogen and oxygen atoms in total. The van der Waals surface area contributed by atoms with Crippen LogP contribution in [-0.2, 0) is 0 Å². The number of carbonyl (C=O) groups is 1. The Kier molecular flexibility index (Phi) is 5.18. The lowest BCUT2D eigenvalue weighted by Crippen LogP contribution is -2.03. The van der Waals surface area contributed by atoms with E-state index in [1.807, 2.05) is 13.0 Å². The van der Waals surface area contributed by atoms with Crippen molar-refractivity contribution >= 4 is 17.5 Å². The van der Waals surface area contributed by atoms with E-state index < -0.39 is 0 Å². The van der Waals surface area contributed by atoms with E-state index in [0.717, 1.165) is 4.90 Å². The summed E-state index contributed by atoms with van der Waals surface area (Å²) in [5.41, 5.74) is 0.630. The number of halogens is 1. The fourth-order valence-electron chi connectivity index (χ4n) is 1.69. The second kappa shape index (κ2) is 7.10. The summed E-state index contributed by atoms with van der Waals surface area (Å²) < 4.78 is 18.1. The Morgan fingerprint density at radius 3 is 2.65 bits per heavy atom. The Hall–Kier alpha value is -1.81. The zero-order valence-electron chi connectivity index (χ0n) is 11.1. The van der Waals surface area contributed by atoms with Crippen molar-refractivity contribution < 1.29 is 13.9 Å². The highest BCUT2D eigenvalue weighted by Crippen LogP contribution is 2.21. The molecule has 0 aromatic heterocycles. The molecule has 0 heterocycles. The van der Waals surface area contributed by atoms with Gasteiger partial charge in [-0.3, -0.25) is 4.79 Å². The van der Waals surface area contributed by atoms with Crippen LogP contribution in [0.15, 0.2) is 53.4 Å². The van der Waals surface area contributed by atoms with Crippen molar-refractivity contribution in [2.75, 3.05) is 12.4 Å². The zero-order valence-corrected chi connectivity index (χ0v) is 12.0. The molecule has 0 fully saturated rings. The molecule has 0 spiro atoms. The van der Waals surface area contributed by atoms with Gasteiger partial charge in [0.2, 0.25) is 0 Å². The van der Waals surface area contributed by atoms with Gasteiger partial charge in [-0.1, -0.05) is 12.1 Å². The summed E-state index contributed by atoms with van der Waals surface area (Å²) in [6.07, 6.45) is 0. The molecule has 2 aromatic carbocycles. The molecule has 0 N–H and O–H groups in total. The molecule has 0 aliphatic carbocycles. The van der Waals surface area contributed by atoms with Crippen LogP contribution >= 0.6 is 11.8 Å². The predicted molar refractivity (Wildman–Crippen MR) is 79.1 cm³/mol. The number of thioether (sulfide) groups is 1. The average Bonchev–Trinajstić information content (AvgIpc) is 2.47. The number of ether oxygens (including phenoxy) is 1. The highest BCUT2D eigenvalue weighted by Gasteiger charge is 2.08. The number of Topliss-reactive ketones (excluding diaryl/α,β-unsaturated/α-hetero) is 1. The smallest absolute Gasteiger partial charge is 0.173 e. The third kappa shape index (κ3) is 4.10. The molecule has 0 saturated heterocycles. The van der Waals surface area contributed by atoms with E-state index in [2.05, 4.69) is 0 Å². The zero-order chi connectivity index (χ0) is 14.4. The van der Waals surface area contributed by atoms with Crippen LogP contribution in [-0.4, -0.2) is 18.1 Å². The fraction of sp³-hybridized carbons (Fsp3) is 0.188. The summed E-state index contributed by atoms with van der Waals surface area (Å²) >= 11 is 1.39. The quantitative estimate of drug-likeness (QED) is 0.589. The van der Waals surface area contributed by atoms with Gasteiger partial charge >= 0.3 is 0 Å². The van der Waals surface area contributed by atoms with E-state index in [9.17, 15) is 9.18 Å². The van der Waals surface area contributed by atoms with Crippen LogP contribution < -0.4 is 4.74 Å². The lowest BCUT2D eigenvalue weighted by atomic mass is 10.1. The molecule has 104 valence electrons. The molecule has 0 bridgehead atoms. The molecule has 0 aliphatic rings. The predicted octanol–water partition coefficient (Wildman–Crippen LogP) is 4.20. The first-order valence-corrected chi connectivity index (χ1v) is 7.32. The monoisotopic (exact) mass is 290 g/mol. The number of ketones is 1. The van der Waals surface area contributed by atoms with Gasteiger partial charge in [0.15, 0.2) is 5.78 Å². The van der Waals surface area contributed by atoms with E-state index in [-0.39, 0.29) is 11.6 Å². The van der Waals surface area contributed by atoms with Crippen molar-refractivity contribution in [3.05, 3.63) is 59.9 Å². The molecular weight excluding hydrogens is 275 g/mol. The highest BCUT2D eigenvalue weighted by atomic mass is 32.2. The average molecular weight is 290 g/mol. The summed E-state index contributed by atoms with van der Waals surface area (Å²) in [5.74, 6) is 0.775. The maximum Gasteiger partial charge on any atom is 0.173 e. The summed E-state index contributed by atoms with van der Waals surface area (Å²) in [5, 5.41) is 0. The minimum atomic E-state index is -0.273. The lowest BCUT2D eigenvalue weighted by molar-refractivity contribution is 0.102. The van der Waals surface area contributed by atoms with Gasteiger partial charge in [-0.2, -0.15) is 0 Å². The second-order valence-electron chi connectivity index (χ2n) is 4.13. The lowest BCUT2D eigenvalue weighted by Gasteiger charge is -2.05. The fourth-order valence-corrected chi connectivity index (χ4v) is 2.48. The van der Waals surface area contributed by atoms with E-state index in [1.165, 1.54) is 23.9 Å². The van der Waals surface area contributed by atoms with E-state index in [1.54, 1.807) is 30.3 Å². The van der Waals surface area contributed by atoms with Gasteiger partial charge in [-0.15, -0.1) is 11.8 Å². The Labute approximate surface area is 122 Å². The number of rotatable bonds is 6. The summed E-state index contributed by atoms with van der Waals surface area (Å²) in [7, 11) is 0. The van der Waals surface area contributed by atoms with Gasteiger partial charge in [0.25, 0.3) is 0 Å². The van der Waals surface area contributed by atoms with Crippen molar-refractivity contribution in [3.8, 4) is 5.75 Å². The first-order chi connectivity index (χ1) is 9.69. The Morgan fingerprint density at radius 2 is 1.95 bits per heavy atom. The molecule has 2 aromatic rings. The summed E-state index contributed by atoms with van der Waals surface area (Å²) in [6, 6.07) is 13.3. The third-order valence-corrected chi connectivity index (χ3v) is 3.66. The van der Waals surface area contributed by atoms with Gasteiger partial charge < -0.3 is 4.74 Å². The first kappa shape index (κ1) is 14.6. The largest absolute Gasteiger partial charge is 0.494 e. The Balaban J connectivity index is 1.97. The van der Waals surface area contributed by atoms with Crippen molar-refractivity contribution in [3.63, 3.8) is 0 Å². The van der Waals surface area contributed by atoms with Crippen LogP contribution in [0, 0.1) is 5.82 Å². The van der Waals surface area contributed by atoms with Crippen molar-refractivity contribution in [2.24, 2.45) is 0 Å². The molecule has 0 radical (unpaired) electrons. The van der Waals surface area contributed by atoms with E-state index in [4.69, 9.17) is 4.74 Å². The van der Waals surface area contributed by atoms with Crippen LogP contribution in [0.2, 0.25) is 0 Å². The molecule has 0 amide bonds. The van der Waals surface area contributed by atoms with Crippen LogP contribution in [0.3, 0.4) is 0 Å². The maximum absolute atomic E-state index is 12.8. The van der Waals surface area contributed by atoms with Crippen LogP contribution in [0.1, 0.15) is 17.3 Å². The maximum atomic E-state index is 12.8. The third-order valence-electron chi connectivity index (χ3n) is 2.65. The van der Waals surface area contributed by atoms with Crippen molar-refractivity contribution in [1.82, 2.24) is 0 Å². The van der Waals surface area contributed by atoms with Crippen LogP contribution in [0.25, 0.3) is 0 Å². The highest BCUT2D eigenvalue weighted by molar-refractivity contribution is 8.00.